The number of amides is 1. The van der Waals surface area contributed by atoms with Crippen LogP contribution in [-0.4, -0.2) is 25.5 Å². The van der Waals surface area contributed by atoms with Gasteiger partial charge in [0.1, 0.15) is 0 Å². The lowest BCUT2D eigenvalue weighted by Crippen LogP contribution is -2.15. The van der Waals surface area contributed by atoms with Gasteiger partial charge in [-0.25, -0.2) is 0 Å². The maximum absolute atomic E-state index is 12.9. The maximum atomic E-state index is 12.9. The molecule has 10 heteroatoms. The van der Waals surface area contributed by atoms with Gasteiger partial charge in [0.2, 0.25) is 5.91 Å². The molecule has 0 fully saturated rings. The fourth-order valence-electron chi connectivity index (χ4n) is 2.78. The van der Waals surface area contributed by atoms with Crippen LogP contribution in [0.25, 0.3) is 0 Å². The van der Waals surface area contributed by atoms with Crippen molar-refractivity contribution < 1.29 is 18.0 Å². The van der Waals surface area contributed by atoms with E-state index >= 15 is 0 Å². The Bertz CT molecular complexity index is 1010. The average molecular weight is 470 g/mol. The molecule has 3 aromatic rings. The van der Waals surface area contributed by atoms with Gasteiger partial charge in [-0.15, -0.1) is 0 Å². The molecule has 0 unspecified atom stereocenters. The van der Waals surface area contributed by atoms with E-state index in [0.717, 1.165) is 28.0 Å². The van der Waals surface area contributed by atoms with Crippen LogP contribution in [0.2, 0.25) is 0 Å². The fraction of sp³-hybridized carbons (Fsp3) is 0.316. The lowest BCUT2D eigenvalue weighted by Gasteiger charge is -2.09. The molecule has 0 bridgehead atoms. The number of nitrogens with zero attached hydrogens (tertiary/aromatic N) is 4. The molecule has 0 aliphatic rings. The highest BCUT2D eigenvalue weighted by Gasteiger charge is 2.30. The molecule has 154 valence electrons. The van der Waals surface area contributed by atoms with E-state index in [1.807, 2.05) is 6.92 Å². The van der Waals surface area contributed by atoms with Crippen molar-refractivity contribution in [1.82, 2.24) is 19.6 Å². The third-order valence-electron chi connectivity index (χ3n) is 4.29. The summed E-state index contributed by atoms with van der Waals surface area (Å²) in [6.07, 6.45) is -2.37. The summed E-state index contributed by atoms with van der Waals surface area (Å²) in [6, 6.07) is 6.79. The monoisotopic (exact) mass is 469 g/mol. The highest BCUT2D eigenvalue weighted by Crippen LogP contribution is 2.29. The van der Waals surface area contributed by atoms with Crippen molar-refractivity contribution in [2.75, 3.05) is 5.32 Å². The number of hydrogen-bond donors (Lipinski definition) is 1. The molecule has 1 amide bonds. The molecule has 3 rings (SSSR count). The van der Waals surface area contributed by atoms with E-state index in [0.29, 0.717) is 17.9 Å². The van der Waals surface area contributed by atoms with Gasteiger partial charge in [-0.05, 0) is 47.5 Å². The second kappa shape index (κ2) is 8.40. The normalized spacial score (nSPS) is 11.7. The topological polar surface area (TPSA) is 64.7 Å². The van der Waals surface area contributed by atoms with Crippen LogP contribution < -0.4 is 5.32 Å². The number of halogens is 4. The summed E-state index contributed by atoms with van der Waals surface area (Å²) < 4.78 is 42.7. The first-order valence-corrected chi connectivity index (χ1v) is 9.61. The smallest absolute Gasteiger partial charge is 0.309 e. The SMILES string of the molecule is Cc1nn(CCC(=O)Nc2cc(C)n(Cc3cccc(C(F)(F)F)c3)n2)cc1Br. The highest BCUT2D eigenvalue weighted by molar-refractivity contribution is 9.10. The van der Waals surface area contributed by atoms with Crippen LogP contribution >= 0.6 is 15.9 Å². The van der Waals surface area contributed by atoms with Gasteiger partial charge in [0, 0.05) is 30.9 Å². The van der Waals surface area contributed by atoms with Crippen LogP contribution in [0.15, 0.2) is 41.0 Å². The molecule has 2 aromatic heterocycles. The fourth-order valence-corrected chi connectivity index (χ4v) is 3.10. The van der Waals surface area contributed by atoms with Crippen molar-refractivity contribution in [2.45, 2.75) is 39.5 Å². The Morgan fingerprint density at radius 3 is 2.62 bits per heavy atom. The van der Waals surface area contributed by atoms with E-state index in [2.05, 4.69) is 31.4 Å². The standard InChI is InChI=1S/C19H19BrF3N5O/c1-12-8-17(24-18(29)6-7-27-11-16(20)13(2)25-27)26-28(12)10-14-4-3-5-15(9-14)19(21,22)23/h3-5,8-9,11H,6-7,10H2,1-2H3,(H,24,26,29). The summed E-state index contributed by atoms with van der Waals surface area (Å²) in [7, 11) is 0. The molecular weight excluding hydrogens is 451 g/mol. The van der Waals surface area contributed by atoms with Crippen molar-refractivity contribution in [3.05, 3.63) is 63.5 Å². The van der Waals surface area contributed by atoms with Crippen molar-refractivity contribution >= 4 is 27.7 Å². The largest absolute Gasteiger partial charge is 0.416 e. The minimum Gasteiger partial charge on any atom is -0.309 e. The number of aryl methyl sites for hydroxylation is 3. The van der Waals surface area contributed by atoms with Crippen molar-refractivity contribution in [2.24, 2.45) is 0 Å². The Kier molecular flexibility index (Phi) is 6.11. The molecule has 6 nitrogen and oxygen atoms in total. The first-order chi connectivity index (χ1) is 13.6. The molecule has 0 aliphatic carbocycles. The molecule has 1 aromatic carbocycles. The van der Waals surface area contributed by atoms with E-state index in [1.165, 1.54) is 6.07 Å². The predicted molar refractivity (Wildman–Crippen MR) is 105 cm³/mol. The lowest BCUT2D eigenvalue weighted by molar-refractivity contribution is -0.137. The van der Waals surface area contributed by atoms with Gasteiger partial charge in [-0.2, -0.15) is 23.4 Å². The van der Waals surface area contributed by atoms with Gasteiger partial charge in [0.05, 0.1) is 22.3 Å². The second-order valence-electron chi connectivity index (χ2n) is 6.65. The average Bonchev–Trinajstić information content (AvgIpc) is 3.14. The van der Waals surface area contributed by atoms with Gasteiger partial charge in [0.25, 0.3) is 0 Å². The van der Waals surface area contributed by atoms with Crippen molar-refractivity contribution in [3.63, 3.8) is 0 Å². The summed E-state index contributed by atoms with van der Waals surface area (Å²) in [5.41, 5.74) is 1.34. The number of benzene rings is 1. The quantitative estimate of drug-likeness (QED) is 0.575. The molecule has 0 aliphatic heterocycles. The van der Waals surface area contributed by atoms with E-state index in [9.17, 15) is 18.0 Å². The van der Waals surface area contributed by atoms with E-state index in [1.54, 1.807) is 34.6 Å². The third kappa shape index (κ3) is 5.47. The molecule has 0 spiro atoms. The summed E-state index contributed by atoms with van der Waals surface area (Å²) >= 11 is 3.37. The van der Waals surface area contributed by atoms with Gasteiger partial charge in [-0.3, -0.25) is 14.2 Å². The van der Waals surface area contributed by atoms with Crippen LogP contribution in [0, 0.1) is 13.8 Å². The van der Waals surface area contributed by atoms with Crippen LogP contribution in [0.4, 0.5) is 19.0 Å². The Morgan fingerprint density at radius 1 is 1.21 bits per heavy atom. The first-order valence-electron chi connectivity index (χ1n) is 8.82. The number of anilines is 1. The van der Waals surface area contributed by atoms with E-state index < -0.39 is 11.7 Å². The van der Waals surface area contributed by atoms with Gasteiger partial charge in [-0.1, -0.05) is 12.1 Å². The Hall–Kier alpha value is -2.62. The summed E-state index contributed by atoms with van der Waals surface area (Å²) in [6.45, 7) is 4.23. The summed E-state index contributed by atoms with van der Waals surface area (Å²) in [4.78, 5) is 12.2. The van der Waals surface area contributed by atoms with Crippen molar-refractivity contribution in [3.8, 4) is 0 Å². The number of rotatable bonds is 6. The minimum absolute atomic E-state index is 0.173. The zero-order valence-corrected chi connectivity index (χ0v) is 17.4. The molecular formula is C19H19BrF3N5O. The van der Waals surface area contributed by atoms with Crippen LogP contribution in [-0.2, 0) is 24.1 Å². The third-order valence-corrected chi connectivity index (χ3v) is 5.07. The number of hydrogen-bond acceptors (Lipinski definition) is 3. The van der Waals surface area contributed by atoms with Crippen LogP contribution in [0.1, 0.15) is 28.9 Å². The van der Waals surface area contributed by atoms with Crippen LogP contribution in [0.5, 0.6) is 0 Å². The number of carbonyl (C=O) groups excluding carboxylic acids is 1. The Balaban J connectivity index is 1.62. The predicted octanol–water partition coefficient (Wildman–Crippen LogP) is 4.55. The van der Waals surface area contributed by atoms with E-state index in [-0.39, 0.29) is 18.9 Å². The molecule has 0 saturated carbocycles. The van der Waals surface area contributed by atoms with Gasteiger partial charge < -0.3 is 5.32 Å². The summed E-state index contributed by atoms with van der Waals surface area (Å²) in [5.74, 6) is 0.135. The first kappa shape index (κ1) is 21.1. The zero-order valence-electron chi connectivity index (χ0n) is 15.8. The minimum atomic E-state index is -4.39. The van der Waals surface area contributed by atoms with Gasteiger partial charge >= 0.3 is 6.18 Å². The molecule has 2 heterocycles. The zero-order chi connectivity index (χ0) is 21.2. The maximum Gasteiger partial charge on any atom is 0.416 e. The molecule has 0 atom stereocenters. The molecule has 0 saturated heterocycles. The Labute approximate surface area is 173 Å². The molecule has 1 N–H and O–H groups in total. The van der Waals surface area contributed by atoms with Crippen LogP contribution in [0.3, 0.4) is 0 Å². The highest BCUT2D eigenvalue weighted by atomic mass is 79.9. The second-order valence-corrected chi connectivity index (χ2v) is 7.50. The number of alkyl halides is 3. The Morgan fingerprint density at radius 2 is 1.97 bits per heavy atom. The summed E-state index contributed by atoms with van der Waals surface area (Å²) in [5, 5.41) is 11.3. The number of carbonyl (C=O) groups is 1. The number of aromatic nitrogens is 4. The van der Waals surface area contributed by atoms with Gasteiger partial charge in [0.15, 0.2) is 5.82 Å². The number of nitrogens with one attached hydrogen (secondary N) is 1. The van der Waals surface area contributed by atoms with E-state index in [4.69, 9.17) is 0 Å². The molecule has 0 radical (unpaired) electrons. The molecule has 29 heavy (non-hydrogen) atoms. The van der Waals surface area contributed by atoms with Crippen molar-refractivity contribution in [1.29, 1.82) is 0 Å². The lowest BCUT2D eigenvalue weighted by atomic mass is 10.1.